The molecule has 0 aliphatic heterocycles. The number of hydrogen-bond donors (Lipinski definition) is 0. The van der Waals surface area contributed by atoms with Crippen molar-refractivity contribution in [2.75, 3.05) is 6.61 Å². The number of ether oxygens (including phenoxy) is 2. The molecule has 0 amide bonds. The second-order valence-electron chi connectivity index (χ2n) is 2.93. The summed E-state index contributed by atoms with van der Waals surface area (Å²) in [5.74, 6) is 0.207. The molecule has 1 aliphatic rings. The Hall–Kier alpha value is -1.84. The van der Waals surface area contributed by atoms with Crippen molar-refractivity contribution in [2.24, 2.45) is 0 Å². The normalized spacial score (nSPS) is 11.9. The third-order valence-electron chi connectivity index (χ3n) is 1.55. The lowest BCUT2D eigenvalue weighted by Crippen LogP contribution is -2.03. The van der Waals surface area contributed by atoms with Crippen LogP contribution in [0.1, 0.15) is 19.8 Å². The lowest BCUT2D eigenvalue weighted by molar-refractivity contribution is -0.138. The third kappa shape index (κ3) is 7.55. The van der Waals surface area contributed by atoms with E-state index >= 15 is 0 Å². The lowest BCUT2D eigenvalue weighted by atomic mass is 10.1. The molecule has 4 nitrogen and oxygen atoms in total. The molecule has 0 bridgehead atoms. The fraction of sp³-hybridized carbons (Fsp3) is 0.333. The van der Waals surface area contributed by atoms with Crippen LogP contribution in [0.2, 0.25) is 0 Å². The lowest BCUT2D eigenvalue weighted by Gasteiger charge is -2.11. The van der Waals surface area contributed by atoms with E-state index in [1.807, 2.05) is 6.08 Å². The Morgan fingerprint density at radius 1 is 1.50 bits per heavy atom. The molecular weight excluding hydrogens is 208 g/mol. The van der Waals surface area contributed by atoms with Crippen molar-refractivity contribution in [1.29, 1.82) is 0 Å². The van der Waals surface area contributed by atoms with Gasteiger partial charge in [0.1, 0.15) is 12.4 Å². The first-order chi connectivity index (χ1) is 7.60. The number of allylic oxidation sites excluding steroid dienone is 2. The minimum absolute atomic E-state index is 0.212. The predicted molar refractivity (Wildman–Crippen MR) is 60.4 cm³/mol. The maximum absolute atomic E-state index is 10.2. The molecular formula is C12H16O4. The van der Waals surface area contributed by atoms with E-state index in [0.29, 0.717) is 0 Å². The molecule has 0 radical (unpaired) electrons. The fourth-order valence-corrected chi connectivity index (χ4v) is 0.739. The molecule has 0 heterocycles. The van der Waals surface area contributed by atoms with E-state index < -0.39 is 5.97 Å². The molecule has 4 heteroatoms. The van der Waals surface area contributed by atoms with E-state index in [2.05, 4.69) is 17.9 Å². The molecule has 16 heavy (non-hydrogen) atoms. The molecule has 0 N–H and O–H groups in total. The summed E-state index contributed by atoms with van der Waals surface area (Å²) in [7, 11) is 0. The summed E-state index contributed by atoms with van der Waals surface area (Å²) in [6, 6.07) is 0. The number of carbonyl (C=O) groups is 2. The summed E-state index contributed by atoms with van der Waals surface area (Å²) < 4.78 is 9.17. The Kier molecular flexibility index (Phi) is 7.49. The van der Waals surface area contributed by atoms with E-state index in [9.17, 15) is 9.59 Å². The standard InChI is InChI=1S/2C6H8O2/c1-5(7)8-6-3-2-4-6;1-3-5-8-6(7)4-2/h3H,2,4H2,1H3;3-4H,1-2,5H2. The molecule has 0 unspecified atom stereocenters. The van der Waals surface area contributed by atoms with Gasteiger partial charge in [0.05, 0.1) is 0 Å². The zero-order valence-corrected chi connectivity index (χ0v) is 9.40. The highest BCUT2D eigenvalue weighted by molar-refractivity contribution is 5.81. The van der Waals surface area contributed by atoms with Gasteiger partial charge in [0, 0.05) is 19.4 Å². The van der Waals surface area contributed by atoms with Crippen molar-refractivity contribution in [3.05, 3.63) is 37.1 Å². The Morgan fingerprint density at radius 2 is 2.12 bits per heavy atom. The van der Waals surface area contributed by atoms with Gasteiger partial charge in [0.25, 0.3) is 0 Å². The van der Waals surface area contributed by atoms with Gasteiger partial charge in [-0.05, 0) is 12.5 Å². The summed E-state index contributed by atoms with van der Waals surface area (Å²) in [5.41, 5.74) is 0. The fourth-order valence-electron chi connectivity index (χ4n) is 0.739. The zero-order valence-electron chi connectivity index (χ0n) is 9.40. The maximum atomic E-state index is 10.2. The number of rotatable bonds is 4. The first-order valence-electron chi connectivity index (χ1n) is 4.87. The Bertz CT molecular complexity index is 302. The molecule has 0 atom stereocenters. The van der Waals surface area contributed by atoms with E-state index in [-0.39, 0.29) is 12.6 Å². The van der Waals surface area contributed by atoms with Gasteiger partial charge in [0.2, 0.25) is 0 Å². The molecule has 0 aromatic heterocycles. The summed E-state index contributed by atoms with van der Waals surface area (Å²) in [4.78, 5) is 20.4. The predicted octanol–water partition coefficient (Wildman–Crippen LogP) is 2.13. The van der Waals surface area contributed by atoms with Crippen LogP contribution in [0.5, 0.6) is 0 Å². The number of carbonyl (C=O) groups excluding carboxylic acids is 2. The molecule has 0 aromatic rings. The second-order valence-corrected chi connectivity index (χ2v) is 2.93. The topological polar surface area (TPSA) is 52.6 Å². The minimum Gasteiger partial charge on any atom is -0.458 e. The van der Waals surface area contributed by atoms with Crippen LogP contribution in [0.3, 0.4) is 0 Å². The summed E-state index contributed by atoms with van der Waals surface area (Å²) in [5, 5.41) is 0. The first kappa shape index (κ1) is 14.2. The first-order valence-corrected chi connectivity index (χ1v) is 4.87. The van der Waals surface area contributed by atoms with Gasteiger partial charge in [-0.2, -0.15) is 0 Å². The average Bonchev–Trinajstić information content (AvgIpc) is 2.21. The van der Waals surface area contributed by atoms with Crippen LogP contribution in [0.25, 0.3) is 0 Å². The highest BCUT2D eigenvalue weighted by atomic mass is 16.5. The second kappa shape index (κ2) is 8.47. The summed E-state index contributed by atoms with van der Waals surface area (Å²) in [6.07, 6.45) is 6.52. The van der Waals surface area contributed by atoms with Crippen LogP contribution in [0, 0.1) is 0 Å². The van der Waals surface area contributed by atoms with Gasteiger partial charge in [-0.15, -0.1) is 0 Å². The van der Waals surface area contributed by atoms with Gasteiger partial charge >= 0.3 is 11.9 Å². The minimum atomic E-state index is -0.412. The Labute approximate surface area is 95.2 Å². The highest BCUT2D eigenvalue weighted by Gasteiger charge is 2.07. The monoisotopic (exact) mass is 224 g/mol. The third-order valence-corrected chi connectivity index (χ3v) is 1.55. The van der Waals surface area contributed by atoms with Gasteiger partial charge < -0.3 is 9.47 Å². The average molecular weight is 224 g/mol. The van der Waals surface area contributed by atoms with Gasteiger partial charge in [-0.3, -0.25) is 4.79 Å². The smallest absolute Gasteiger partial charge is 0.330 e. The maximum Gasteiger partial charge on any atom is 0.330 e. The van der Waals surface area contributed by atoms with E-state index in [1.54, 1.807) is 0 Å². The van der Waals surface area contributed by atoms with E-state index in [1.165, 1.54) is 13.0 Å². The molecule has 1 aliphatic carbocycles. The van der Waals surface area contributed by atoms with Gasteiger partial charge in [0.15, 0.2) is 0 Å². The van der Waals surface area contributed by atoms with Crippen LogP contribution in [-0.4, -0.2) is 18.5 Å². The highest BCUT2D eigenvalue weighted by Crippen LogP contribution is 2.18. The largest absolute Gasteiger partial charge is 0.458 e. The van der Waals surface area contributed by atoms with Crippen molar-refractivity contribution in [3.8, 4) is 0 Å². The molecule has 0 saturated carbocycles. The van der Waals surface area contributed by atoms with Crippen molar-refractivity contribution in [2.45, 2.75) is 19.8 Å². The number of hydrogen-bond acceptors (Lipinski definition) is 4. The quantitative estimate of drug-likeness (QED) is 0.417. The van der Waals surface area contributed by atoms with Gasteiger partial charge in [-0.1, -0.05) is 19.2 Å². The SMILES string of the molecule is C=CCOC(=O)C=C.CC(=O)OC1=CCC1. The number of esters is 2. The van der Waals surface area contributed by atoms with Crippen LogP contribution < -0.4 is 0 Å². The Balaban J connectivity index is 0.000000281. The molecule has 0 aromatic carbocycles. The van der Waals surface area contributed by atoms with E-state index in [4.69, 9.17) is 4.74 Å². The van der Waals surface area contributed by atoms with Gasteiger partial charge in [-0.25, -0.2) is 4.79 Å². The van der Waals surface area contributed by atoms with Crippen LogP contribution in [0.4, 0.5) is 0 Å². The van der Waals surface area contributed by atoms with Crippen molar-refractivity contribution < 1.29 is 19.1 Å². The summed E-state index contributed by atoms with van der Waals surface area (Å²) in [6.45, 7) is 8.23. The van der Waals surface area contributed by atoms with Crippen molar-refractivity contribution >= 4 is 11.9 Å². The van der Waals surface area contributed by atoms with Crippen molar-refractivity contribution in [1.82, 2.24) is 0 Å². The van der Waals surface area contributed by atoms with Crippen LogP contribution in [-0.2, 0) is 19.1 Å². The van der Waals surface area contributed by atoms with Crippen LogP contribution in [0.15, 0.2) is 37.1 Å². The molecule has 0 fully saturated rings. The molecule has 88 valence electrons. The van der Waals surface area contributed by atoms with E-state index in [0.717, 1.165) is 24.7 Å². The molecule has 0 spiro atoms. The zero-order chi connectivity index (χ0) is 12.4. The summed E-state index contributed by atoms with van der Waals surface area (Å²) >= 11 is 0. The molecule has 0 saturated heterocycles. The van der Waals surface area contributed by atoms with Crippen LogP contribution >= 0.6 is 0 Å². The van der Waals surface area contributed by atoms with Crippen molar-refractivity contribution in [3.63, 3.8) is 0 Å². The molecule has 1 rings (SSSR count). The Morgan fingerprint density at radius 3 is 2.38 bits per heavy atom.